The van der Waals surface area contributed by atoms with Gasteiger partial charge in [0.2, 0.25) is 0 Å². The van der Waals surface area contributed by atoms with Crippen molar-refractivity contribution in [3.05, 3.63) is 59.4 Å². The summed E-state index contributed by atoms with van der Waals surface area (Å²) < 4.78 is 14.2. The molecule has 4 heteroatoms. The van der Waals surface area contributed by atoms with Gasteiger partial charge in [-0.25, -0.2) is 9.37 Å². The van der Waals surface area contributed by atoms with Gasteiger partial charge in [0, 0.05) is 6.54 Å². The summed E-state index contributed by atoms with van der Waals surface area (Å²) >= 11 is 1.62. The van der Waals surface area contributed by atoms with E-state index >= 15 is 0 Å². The van der Waals surface area contributed by atoms with Crippen molar-refractivity contribution in [2.75, 3.05) is 5.32 Å². The molecule has 0 radical (unpaired) electrons. The molecule has 96 valence electrons. The van der Waals surface area contributed by atoms with Crippen LogP contribution in [0, 0.1) is 12.7 Å². The Morgan fingerprint density at radius 2 is 2.05 bits per heavy atom. The number of rotatable bonds is 3. The summed E-state index contributed by atoms with van der Waals surface area (Å²) in [4.78, 5) is 4.56. The van der Waals surface area contributed by atoms with Crippen molar-refractivity contribution < 1.29 is 4.39 Å². The molecule has 0 fully saturated rings. The molecule has 0 bridgehead atoms. The average molecular weight is 272 g/mol. The number of benzene rings is 2. The van der Waals surface area contributed by atoms with Crippen LogP contribution in [0.1, 0.15) is 11.1 Å². The maximum Gasteiger partial charge on any atom is 0.184 e. The van der Waals surface area contributed by atoms with Gasteiger partial charge in [-0.1, -0.05) is 35.6 Å². The van der Waals surface area contributed by atoms with E-state index in [4.69, 9.17) is 0 Å². The lowest BCUT2D eigenvalue weighted by molar-refractivity contribution is 0.626. The van der Waals surface area contributed by atoms with Gasteiger partial charge >= 0.3 is 0 Å². The monoisotopic (exact) mass is 272 g/mol. The quantitative estimate of drug-likeness (QED) is 0.766. The molecular weight excluding hydrogens is 259 g/mol. The fourth-order valence-corrected chi connectivity index (χ4v) is 2.93. The molecule has 0 aliphatic rings. The van der Waals surface area contributed by atoms with Crippen LogP contribution in [0.2, 0.25) is 0 Å². The van der Waals surface area contributed by atoms with Crippen molar-refractivity contribution in [3.8, 4) is 0 Å². The van der Waals surface area contributed by atoms with Crippen LogP contribution in [0.3, 0.4) is 0 Å². The van der Waals surface area contributed by atoms with Crippen LogP contribution >= 0.6 is 11.3 Å². The fraction of sp³-hybridized carbons (Fsp3) is 0.133. The highest BCUT2D eigenvalue weighted by molar-refractivity contribution is 7.22. The van der Waals surface area contributed by atoms with E-state index in [1.165, 1.54) is 22.4 Å². The van der Waals surface area contributed by atoms with Gasteiger partial charge in [-0.3, -0.25) is 0 Å². The number of nitrogens with zero attached hydrogens (tertiary/aromatic N) is 1. The average Bonchev–Trinajstić information content (AvgIpc) is 2.81. The summed E-state index contributed by atoms with van der Waals surface area (Å²) in [5.74, 6) is -0.209. The van der Waals surface area contributed by atoms with Crippen molar-refractivity contribution in [1.29, 1.82) is 0 Å². The molecule has 0 aliphatic heterocycles. The third-order valence-corrected chi connectivity index (χ3v) is 3.93. The van der Waals surface area contributed by atoms with E-state index in [0.717, 1.165) is 16.2 Å². The number of thiazole rings is 1. The highest BCUT2D eigenvalue weighted by Gasteiger charge is 2.05. The molecule has 0 saturated heterocycles. The number of aromatic nitrogens is 1. The zero-order valence-corrected chi connectivity index (χ0v) is 11.3. The second-order valence-corrected chi connectivity index (χ2v) is 5.45. The minimum absolute atomic E-state index is 0.209. The molecule has 2 aromatic carbocycles. The van der Waals surface area contributed by atoms with Crippen LogP contribution < -0.4 is 5.32 Å². The van der Waals surface area contributed by atoms with Crippen LogP contribution in [-0.4, -0.2) is 4.98 Å². The molecule has 0 saturated carbocycles. The number of anilines is 1. The zero-order chi connectivity index (χ0) is 13.2. The van der Waals surface area contributed by atoms with E-state index in [-0.39, 0.29) is 5.82 Å². The molecule has 0 aliphatic carbocycles. The second-order valence-electron chi connectivity index (χ2n) is 4.42. The summed E-state index contributed by atoms with van der Waals surface area (Å²) in [7, 11) is 0. The van der Waals surface area contributed by atoms with Crippen LogP contribution in [0.25, 0.3) is 10.2 Å². The SMILES string of the molecule is Cc1cccc2sc(NCc3cccc(F)c3)nc12. The Balaban J connectivity index is 1.80. The number of hydrogen-bond acceptors (Lipinski definition) is 3. The fourth-order valence-electron chi connectivity index (χ4n) is 1.99. The lowest BCUT2D eigenvalue weighted by Gasteiger charge is -2.02. The molecule has 3 rings (SSSR count). The van der Waals surface area contributed by atoms with Gasteiger partial charge in [-0.2, -0.15) is 0 Å². The van der Waals surface area contributed by atoms with E-state index in [9.17, 15) is 4.39 Å². The Morgan fingerprint density at radius 1 is 1.21 bits per heavy atom. The molecule has 0 amide bonds. The Bertz CT molecular complexity index is 721. The summed E-state index contributed by atoms with van der Waals surface area (Å²) in [5.41, 5.74) is 3.12. The maximum atomic E-state index is 13.1. The van der Waals surface area contributed by atoms with Gasteiger partial charge < -0.3 is 5.32 Å². The summed E-state index contributed by atoms with van der Waals surface area (Å²) in [5, 5.41) is 4.11. The minimum atomic E-state index is -0.209. The molecule has 0 unspecified atom stereocenters. The van der Waals surface area contributed by atoms with E-state index in [2.05, 4.69) is 29.4 Å². The highest BCUT2D eigenvalue weighted by atomic mass is 32.1. The Kier molecular flexibility index (Phi) is 3.17. The van der Waals surface area contributed by atoms with Gasteiger partial charge in [-0.15, -0.1) is 0 Å². The molecule has 1 heterocycles. The van der Waals surface area contributed by atoms with Crippen molar-refractivity contribution in [2.24, 2.45) is 0 Å². The molecule has 0 spiro atoms. The molecule has 3 aromatic rings. The van der Waals surface area contributed by atoms with Gasteiger partial charge in [0.1, 0.15) is 5.82 Å². The van der Waals surface area contributed by atoms with Crippen LogP contribution in [0.15, 0.2) is 42.5 Å². The molecular formula is C15H13FN2S. The van der Waals surface area contributed by atoms with Crippen molar-refractivity contribution >= 4 is 26.7 Å². The van der Waals surface area contributed by atoms with Crippen LogP contribution in [0.5, 0.6) is 0 Å². The molecule has 0 atom stereocenters. The Morgan fingerprint density at radius 3 is 2.84 bits per heavy atom. The predicted molar refractivity (Wildman–Crippen MR) is 78.1 cm³/mol. The van der Waals surface area contributed by atoms with Crippen molar-refractivity contribution in [1.82, 2.24) is 4.98 Å². The summed E-state index contributed by atoms with van der Waals surface area (Å²) in [6, 6.07) is 12.7. The topological polar surface area (TPSA) is 24.9 Å². The maximum absolute atomic E-state index is 13.1. The van der Waals surface area contributed by atoms with E-state index in [0.29, 0.717) is 6.54 Å². The minimum Gasteiger partial charge on any atom is -0.357 e. The zero-order valence-electron chi connectivity index (χ0n) is 10.5. The van der Waals surface area contributed by atoms with Crippen molar-refractivity contribution in [3.63, 3.8) is 0 Å². The first kappa shape index (κ1) is 12.1. The van der Waals surface area contributed by atoms with Gasteiger partial charge in [0.05, 0.1) is 10.2 Å². The predicted octanol–water partition coefficient (Wildman–Crippen LogP) is 4.36. The largest absolute Gasteiger partial charge is 0.357 e. The summed E-state index contributed by atoms with van der Waals surface area (Å²) in [6.45, 7) is 2.63. The first-order valence-corrected chi connectivity index (χ1v) is 6.88. The van der Waals surface area contributed by atoms with Gasteiger partial charge in [-0.05, 0) is 36.2 Å². The lowest BCUT2D eigenvalue weighted by atomic mass is 10.2. The smallest absolute Gasteiger partial charge is 0.184 e. The van der Waals surface area contributed by atoms with Crippen LogP contribution in [-0.2, 0) is 6.54 Å². The third-order valence-electron chi connectivity index (χ3n) is 2.95. The van der Waals surface area contributed by atoms with E-state index in [1.54, 1.807) is 17.4 Å². The van der Waals surface area contributed by atoms with Gasteiger partial charge in [0.15, 0.2) is 5.13 Å². The number of para-hydroxylation sites is 1. The number of aryl methyl sites for hydroxylation is 1. The molecule has 2 nitrogen and oxygen atoms in total. The Labute approximate surface area is 114 Å². The Hall–Kier alpha value is -1.94. The molecule has 19 heavy (non-hydrogen) atoms. The highest BCUT2D eigenvalue weighted by Crippen LogP contribution is 2.28. The number of nitrogens with one attached hydrogen (secondary N) is 1. The first-order chi connectivity index (χ1) is 9.22. The van der Waals surface area contributed by atoms with Crippen molar-refractivity contribution in [2.45, 2.75) is 13.5 Å². The van der Waals surface area contributed by atoms with Crippen LogP contribution in [0.4, 0.5) is 9.52 Å². The lowest BCUT2D eigenvalue weighted by Crippen LogP contribution is -1.98. The summed E-state index contributed by atoms with van der Waals surface area (Å²) in [6.07, 6.45) is 0. The number of hydrogen-bond donors (Lipinski definition) is 1. The van der Waals surface area contributed by atoms with E-state index in [1.807, 2.05) is 12.1 Å². The number of fused-ring (bicyclic) bond motifs is 1. The molecule has 1 aromatic heterocycles. The number of halogens is 1. The van der Waals surface area contributed by atoms with Gasteiger partial charge in [0.25, 0.3) is 0 Å². The van der Waals surface area contributed by atoms with E-state index < -0.39 is 0 Å². The molecule has 1 N–H and O–H groups in total. The third kappa shape index (κ3) is 2.58. The standard InChI is InChI=1S/C15H13FN2S/c1-10-4-2-7-13-14(10)18-15(19-13)17-9-11-5-3-6-12(16)8-11/h2-8H,9H2,1H3,(H,17,18). The normalized spacial score (nSPS) is 10.8. The first-order valence-electron chi connectivity index (χ1n) is 6.07. The second kappa shape index (κ2) is 4.97.